The van der Waals surface area contributed by atoms with Crippen LogP contribution in [0.3, 0.4) is 0 Å². The van der Waals surface area contributed by atoms with Crippen LogP contribution in [-0.4, -0.2) is 63.2 Å². The van der Waals surface area contributed by atoms with E-state index in [1.807, 2.05) is 0 Å². The quantitative estimate of drug-likeness (QED) is 0.678. The second-order valence-corrected chi connectivity index (χ2v) is 5.92. The summed E-state index contributed by atoms with van der Waals surface area (Å²) in [6.45, 7) is 13.8. The minimum atomic E-state index is 0.745. The molecule has 1 aliphatic heterocycles. The van der Waals surface area contributed by atoms with E-state index in [0.717, 1.165) is 32.1 Å². The zero-order valence-corrected chi connectivity index (χ0v) is 12.2. The highest BCUT2D eigenvalue weighted by Crippen LogP contribution is 2.11. The Hall–Kier alpha value is -0.380. The fourth-order valence-corrected chi connectivity index (χ4v) is 2.09. The van der Waals surface area contributed by atoms with E-state index in [1.54, 1.807) is 11.1 Å². The molecule has 0 bridgehead atoms. The number of rotatable bonds is 7. The first kappa shape index (κ1) is 14.7. The number of hydrogen-bond donors (Lipinski definition) is 1. The number of nitrogens with zero attached hydrogens (tertiary/aromatic N) is 2. The van der Waals surface area contributed by atoms with Crippen molar-refractivity contribution in [1.29, 1.82) is 0 Å². The van der Waals surface area contributed by atoms with Crippen molar-refractivity contribution in [2.45, 2.75) is 20.8 Å². The Balaban J connectivity index is 2.44. The maximum Gasteiger partial charge on any atom is 0.0194 e. The maximum atomic E-state index is 3.32. The molecule has 17 heavy (non-hydrogen) atoms. The van der Waals surface area contributed by atoms with Gasteiger partial charge in [0.15, 0.2) is 0 Å². The lowest BCUT2D eigenvalue weighted by molar-refractivity contribution is 0.233. The van der Waals surface area contributed by atoms with Crippen LogP contribution >= 0.6 is 0 Å². The van der Waals surface area contributed by atoms with Crippen LogP contribution in [0.5, 0.6) is 0 Å². The summed E-state index contributed by atoms with van der Waals surface area (Å²) < 4.78 is 0. The SMILES string of the molecule is CC(CN(CCN(C)C)CC(C)C)=C1CNC1. The second kappa shape index (κ2) is 7.14. The van der Waals surface area contributed by atoms with Gasteiger partial charge in [-0.05, 0) is 32.5 Å². The van der Waals surface area contributed by atoms with Crippen molar-refractivity contribution in [1.82, 2.24) is 15.1 Å². The average molecular weight is 239 g/mol. The van der Waals surface area contributed by atoms with Gasteiger partial charge in [0.2, 0.25) is 0 Å². The first-order valence-electron chi connectivity index (χ1n) is 6.74. The molecule has 1 N–H and O–H groups in total. The number of hydrogen-bond acceptors (Lipinski definition) is 3. The van der Waals surface area contributed by atoms with Crippen molar-refractivity contribution in [2.24, 2.45) is 5.92 Å². The molecule has 0 amide bonds. The third-order valence-electron chi connectivity index (χ3n) is 3.23. The van der Waals surface area contributed by atoms with E-state index < -0.39 is 0 Å². The molecule has 3 nitrogen and oxygen atoms in total. The molecule has 1 saturated heterocycles. The molecule has 0 aromatic heterocycles. The molecule has 3 heteroatoms. The highest BCUT2D eigenvalue weighted by atomic mass is 15.2. The van der Waals surface area contributed by atoms with Gasteiger partial charge in [-0.2, -0.15) is 0 Å². The van der Waals surface area contributed by atoms with Gasteiger partial charge in [0.05, 0.1) is 0 Å². The summed E-state index contributed by atoms with van der Waals surface area (Å²) in [4.78, 5) is 4.85. The Morgan fingerprint density at radius 3 is 2.29 bits per heavy atom. The predicted molar refractivity (Wildman–Crippen MR) is 75.4 cm³/mol. The van der Waals surface area contributed by atoms with Crippen LogP contribution in [0.15, 0.2) is 11.1 Å². The third kappa shape index (κ3) is 5.66. The molecule has 0 radical (unpaired) electrons. The molecule has 0 spiro atoms. The molecule has 0 aromatic carbocycles. The molecule has 1 heterocycles. The fraction of sp³-hybridized carbons (Fsp3) is 0.857. The molecule has 0 aliphatic carbocycles. The molecule has 1 fully saturated rings. The van der Waals surface area contributed by atoms with Crippen molar-refractivity contribution < 1.29 is 0 Å². The van der Waals surface area contributed by atoms with Gasteiger partial charge in [-0.3, -0.25) is 4.90 Å². The summed E-state index contributed by atoms with van der Waals surface area (Å²) in [5.74, 6) is 0.745. The summed E-state index contributed by atoms with van der Waals surface area (Å²) in [5.41, 5.74) is 3.19. The summed E-state index contributed by atoms with van der Waals surface area (Å²) in [7, 11) is 4.30. The maximum absolute atomic E-state index is 3.32. The Kier molecular flexibility index (Phi) is 6.17. The summed E-state index contributed by atoms with van der Waals surface area (Å²) in [5, 5.41) is 3.32. The van der Waals surface area contributed by atoms with Crippen molar-refractivity contribution in [2.75, 3.05) is 53.4 Å². The molecule has 0 saturated carbocycles. The minimum Gasteiger partial charge on any atom is -0.309 e. The highest BCUT2D eigenvalue weighted by Gasteiger charge is 2.14. The topological polar surface area (TPSA) is 18.5 Å². The van der Waals surface area contributed by atoms with Gasteiger partial charge in [-0.1, -0.05) is 19.4 Å². The molecule has 1 aliphatic rings. The summed E-state index contributed by atoms with van der Waals surface area (Å²) in [6.07, 6.45) is 0. The van der Waals surface area contributed by atoms with Crippen LogP contribution < -0.4 is 5.32 Å². The Morgan fingerprint density at radius 1 is 1.24 bits per heavy atom. The molecule has 1 rings (SSSR count). The van der Waals surface area contributed by atoms with Gasteiger partial charge in [-0.25, -0.2) is 0 Å². The Morgan fingerprint density at radius 2 is 1.88 bits per heavy atom. The normalized spacial score (nSPS) is 15.9. The largest absolute Gasteiger partial charge is 0.309 e. The van der Waals surface area contributed by atoms with Gasteiger partial charge in [0.25, 0.3) is 0 Å². The van der Waals surface area contributed by atoms with E-state index in [9.17, 15) is 0 Å². The van der Waals surface area contributed by atoms with E-state index in [0.29, 0.717) is 0 Å². The summed E-state index contributed by atoms with van der Waals surface area (Å²) >= 11 is 0. The van der Waals surface area contributed by atoms with Crippen LogP contribution in [0.1, 0.15) is 20.8 Å². The first-order valence-corrected chi connectivity index (χ1v) is 6.74. The van der Waals surface area contributed by atoms with Crippen LogP contribution in [-0.2, 0) is 0 Å². The van der Waals surface area contributed by atoms with Gasteiger partial charge < -0.3 is 10.2 Å². The smallest absolute Gasteiger partial charge is 0.0194 e. The fourth-order valence-electron chi connectivity index (χ4n) is 2.09. The molecular weight excluding hydrogens is 210 g/mol. The van der Waals surface area contributed by atoms with Crippen molar-refractivity contribution in [3.8, 4) is 0 Å². The lowest BCUT2D eigenvalue weighted by atomic mass is 10.0. The third-order valence-corrected chi connectivity index (χ3v) is 3.23. The van der Waals surface area contributed by atoms with E-state index in [2.05, 4.69) is 50.0 Å². The van der Waals surface area contributed by atoms with E-state index in [1.165, 1.54) is 13.1 Å². The predicted octanol–water partition coefficient (Wildman–Crippen LogP) is 1.43. The first-order chi connectivity index (χ1) is 7.99. The van der Waals surface area contributed by atoms with Crippen LogP contribution in [0.25, 0.3) is 0 Å². The van der Waals surface area contributed by atoms with E-state index in [4.69, 9.17) is 0 Å². The molecule has 0 aromatic rings. The second-order valence-electron chi connectivity index (χ2n) is 5.92. The lowest BCUT2D eigenvalue weighted by Crippen LogP contribution is -2.39. The monoisotopic (exact) mass is 239 g/mol. The summed E-state index contributed by atoms with van der Waals surface area (Å²) in [6, 6.07) is 0. The average Bonchev–Trinajstić information content (AvgIpc) is 2.10. The number of likely N-dealkylation sites (N-methyl/N-ethyl adjacent to an activating group) is 1. The number of nitrogens with one attached hydrogen (secondary N) is 1. The molecule has 100 valence electrons. The van der Waals surface area contributed by atoms with Gasteiger partial charge in [0, 0.05) is 39.3 Å². The van der Waals surface area contributed by atoms with Crippen LogP contribution in [0.4, 0.5) is 0 Å². The van der Waals surface area contributed by atoms with Crippen molar-refractivity contribution >= 4 is 0 Å². The van der Waals surface area contributed by atoms with Gasteiger partial charge >= 0.3 is 0 Å². The van der Waals surface area contributed by atoms with Crippen molar-refractivity contribution in [3.63, 3.8) is 0 Å². The standard InChI is InChI=1S/C14H29N3/c1-12(2)10-17(7-6-16(4)5)11-13(3)14-8-15-9-14/h12,15H,6-11H2,1-5H3. The zero-order valence-electron chi connectivity index (χ0n) is 12.2. The van der Waals surface area contributed by atoms with Crippen LogP contribution in [0, 0.1) is 5.92 Å². The molecular formula is C14H29N3. The van der Waals surface area contributed by atoms with Crippen LogP contribution in [0.2, 0.25) is 0 Å². The van der Waals surface area contributed by atoms with Crippen molar-refractivity contribution in [3.05, 3.63) is 11.1 Å². The van der Waals surface area contributed by atoms with Gasteiger partial charge in [-0.15, -0.1) is 0 Å². The Bertz CT molecular complexity index is 250. The molecule has 0 atom stereocenters. The van der Waals surface area contributed by atoms with E-state index in [-0.39, 0.29) is 0 Å². The minimum absolute atomic E-state index is 0.745. The van der Waals surface area contributed by atoms with E-state index >= 15 is 0 Å². The Labute approximate surface area is 107 Å². The zero-order chi connectivity index (χ0) is 12.8. The molecule has 0 unspecified atom stereocenters. The highest BCUT2D eigenvalue weighted by molar-refractivity contribution is 5.22. The lowest BCUT2D eigenvalue weighted by Gasteiger charge is -2.29. The van der Waals surface area contributed by atoms with Gasteiger partial charge in [0.1, 0.15) is 0 Å².